The molecule has 1 aromatic rings. The van der Waals surface area contributed by atoms with Gasteiger partial charge in [-0.05, 0) is 12.1 Å². The summed E-state index contributed by atoms with van der Waals surface area (Å²) in [5.74, 6) is 4.56. The summed E-state index contributed by atoms with van der Waals surface area (Å²) in [6.07, 6.45) is 10.2. The second kappa shape index (κ2) is 5.37. The van der Waals surface area contributed by atoms with Crippen LogP contribution in [-0.4, -0.2) is 25.8 Å². The van der Waals surface area contributed by atoms with E-state index in [0.717, 1.165) is 4.31 Å². The number of sulfonamides is 1. The van der Waals surface area contributed by atoms with Crippen LogP contribution in [0.1, 0.15) is 0 Å². The number of nitrogens with zero attached hydrogens (tertiary/aromatic N) is 1. The first-order valence-electron chi connectivity index (χ1n) is 4.55. The van der Waals surface area contributed by atoms with Gasteiger partial charge in [0.15, 0.2) is 0 Å². The van der Waals surface area contributed by atoms with Crippen LogP contribution >= 0.6 is 0 Å². The Labute approximate surface area is 96.1 Å². The molecule has 0 atom stereocenters. The molecular weight excluding hydrogens is 222 g/mol. The normalized spacial score (nSPS) is 10.7. The zero-order chi connectivity index (χ0) is 12.0. The molecule has 0 aliphatic heterocycles. The summed E-state index contributed by atoms with van der Waals surface area (Å²) in [7, 11) is -3.58. The van der Waals surface area contributed by atoms with Crippen LogP contribution in [0.25, 0.3) is 0 Å². The third-order valence-corrected chi connectivity index (χ3v) is 3.72. The molecule has 0 aliphatic rings. The van der Waals surface area contributed by atoms with Crippen molar-refractivity contribution in [1.82, 2.24) is 4.31 Å². The zero-order valence-corrected chi connectivity index (χ0v) is 9.44. The van der Waals surface area contributed by atoms with Crippen LogP contribution in [0.5, 0.6) is 0 Å². The fraction of sp³-hybridized carbons (Fsp3) is 0.167. The molecule has 3 nitrogen and oxygen atoms in total. The summed E-state index contributed by atoms with van der Waals surface area (Å²) in [5.41, 5.74) is 0. The van der Waals surface area contributed by atoms with E-state index in [-0.39, 0.29) is 18.0 Å². The lowest BCUT2D eigenvalue weighted by Crippen LogP contribution is -2.31. The smallest absolute Gasteiger partial charge is 0.207 e. The summed E-state index contributed by atoms with van der Waals surface area (Å²) in [4.78, 5) is 0.195. The number of hydrogen-bond donors (Lipinski definition) is 0. The van der Waals surface area contributed by atoms with Gasteiger partial charge in [0.05, 0.1) is 18.0 Å². The molecular formula is C12H11NO2S. The van der Waals surface area contributed by atoms with Crippen LogP contribution in [0.3, 0.4) is 0 Å². The minimum Gasteiger partial charge on any atom is -0.207 e. The van der Waals surface area contributed by atoms with Crippen molar-refractivity contribution in [3.8, 4) is 24.7 Å². The molecule has 1 aromatic carbocycles. The van der Waals surface area contributed by atoms with Crippen molar-refractivity contribution in [2.24, 2.45) is 0 Å². The SMILES string of the molecule is C#CCN(CC#C)S(=O)(=O)c1ccccc1. The van der Waals surface area contributed by atoms with Crippen molar-refractivity contribution in [3.05, 3.63) is 30.3 Å². The lowest BCUT2D eigenvalue weighted by Gasteiger charge is -2.16. The quantitative estimate of drug-likeness (QED) is 0.726. The van der Waals surface area contributed by atoms with E-state index in [2.05, 4.69) is 11.8 Å². The van der Waals surface area contributed by atoms with E-state index >= 15 is 0 Å². The highest BCUT2D eigenvalue weighted by atomic mass is 32.2. The molecule has 0 radical (unpaired) electrons. The fourth-order valence-electron chi connectivity index (χ4n) is 1.17. The van der Waals surface area contributed by atoms with Gasteiger partial charge in [0.25, 0.3) is 0 Å². The minimum absolute atomic E-state index is 0.0264. The monoisotopic (exact) mass is 233 g/mol. The fourth-order valence-corrected chi connectivity index (χ4v) is 2.46. The first-order chi connectivity index (χ1) is 7.62. The summed E-state index contributed by atoms with van der Waals surface area (Å²) in [5, 5.41) is 0. The van der Waals surface area contributed by atoms with Crippen molar-refractivity contribution in [2.45, 2.75) is 4.90 Å². The van der Waals surface area contributed by atoms with Gasteiger partial charge in [-0.1, -0.05) is 30.0 Å². The number of hydrogen-bond acceptors (Lipinski definition) is 2. The molecule has 0 unspecified atom stereocenters. The van der Waals surface area contributed by atoms with Crippen LogP contribution in [0.4, 0.5) is 0 Å². The summed E-state index contributed by atoms with van der Waals surface area (Å²) < 4.78 is 25.2. The van der Waals surface area contributed by atoms with Gasteiger partial charge in [-0.25, -0.2) is 8.42 Å². The van der Waals surface area contributed by atoms with Gasteiger partial charge in [-0.3, -0.25) is 0 Å². The maximum Gasteiger partial charge on any atom is 0.244 e. The molecule has 0 bridgehead atoms. The second-order valence-corrected chi connectivity index (χ2v) is 4.93. The van der Waals surface area contributed by atoms with Crippen LogP contribution in [0.15, 0.2) is 35.2 Å². The first kappa shape index (κ1) is 12.3. The molecule has 0 amide bonds. The van der Waals surface area contributed by atoms with E-state index in [1.54, 1.807) is 18.2 Å². The van der Waals surface area contributed by atoms with Crippen molar-refractivity contribution >= 4 is 10.0 Å². The third-order valence-electron chi connectivity index (χ3n) is 1.92. The Balaban J connectivity index is 3.10. The Morgan fingerprint density at radius 1 is 1.06 bits per heavy atom. The summed E-state index contributed by atoms with van der Waals surface area (Å²) >= 11 is 0. The van der Waals surface area contributed by atoms with Crippen LogP contribution < -0.4 is 0 Å². The molecule has 82 valence electrons. The lowest BCUT2D eigenvalue weighted by atomic mass is 10.4. The Bertz CT molecular complexity index is 504. The van der Waals surface area contributed by atoms with E-state index in [0.29, 0.717) is 0 Å². The summed E-state index contributed by atoms with van der Waals surface area (Å²) in [6, 6.07) is 8.06. The van der Waals surface area contributed by atoms with Gasteiger partial charge in [-0.2, -0.15) is 4.31 Å². The Morgan fingerprint density at radius 3 is 2.00 bits per heavy atom. The maximum atomic E-state index is 12.0. The Morgan fingerprint density at radius 2 is 1.56 bits per heavy atom. The van der Waals surface area contributed by atoms with Gasteiger partial charge in [0.1, 0.15) is 0 Å². The minimum atomic E-state index is -3.58. The van der Waals surface area contributed by atoms with Crippen molar-refractivity contribution in [3.63, 3.8) is 0 Å². The highest BCUT2D eigenvalue weighted by Crippen LogP contribution is 2.13. The van der Waals surface area contributed by atoms with Gasteiger partial charge in [0.2, 0.25) is 10.0 Å². The highest BCUT2D eigenvalue weighted by molar-refractivity contribution is 7.89. The van der Waals surface area contributed by atoms with Gasteiger partial charge >= 0.3 is 0 Å². The predicted octanol–water partition coefficient (Wildman–Crippen LogP) is 0.944. The van der Waals surface area contributed by atoms with Crippen LogP contribution in [0.2, 0.25) is 0 Å². The van der Waals surface area contributed by atoms with Crippen molar-refractivity contribution in [2.75, 3.05) is 13.1 Å². The highest BCUT2D eigenvalue weighted by Gasteiger charge is 2.22. The topological polar surface area (TPSA) is 37.4 Å². The van der Waals surface area contributed by atoms with E-state index < -0.39 is 10.0 Å². The summed E-state index contributed by atoms with van der Waals surface area (Å²) in [6.45, 7) is -0.0527. The Kier molecular flexibility index (Phi) is 4.13. The molecule has 0 heterocycles. The largest absolute Gasteiger partial charge is 0.244 e. The van der Waals surface area contributed by atoms with Gasteiger partial charge in [-0.15, -0.1) is 12.8 Å². The Hall–Kier alpha value is -1.75. The molecule has 0 saturated heterocycles. The van der Waals surface area contributed by atoms with E-state index in [1.807, 2.05) is 0 Å². The predicted molar refractivity (Wildman–Crippen MR) is 62.9 cm³/mol. The molecule has 4 heteroatoms. The maximum absolute atomic E-state index is 12.0. The molecule has 0 aliphatic carbocycles. The number of benzene rings is 1. The van der Waals surface area contributed by atoms with E-state index in [4.69, 9.17) is 12.8 Å². The number of terminal acetylenes is 2. The average Bonchev–Trinajstić information content (AvgIpc) is 2.30. The second-order valence-electron chi connectivity index (χ2n) is 2.99. The average molecular weight is 233 g/mol. The molecule has 0 aromatic heterocycles. The van der Waals surface area contributed by atoms with Gasteiger partial charge < -0.3 is 0 Å². The van der Waals surface area contributed by atoms with Crippen LogP contribution in [0, 0.1) is 24.7 Å². The molecule has 0 fully saturated rings. The lowest BCUT2D eigenvalue weighted by molar-refractivity contribution is 0.482. The molecule has 0 N–H and O–H groups in total. The van der Waals surface area contributed by atoms with Crippen molar-refractivity contribution < 1.29 is 8.42 Å². The molecule has 0 saturated carbocycles. The third kappa shape index (κ3) is 2.64. The molecule has 16 heavy (non-hydrogen) atoms. The zero-order valence-electron chi connectivity index (χ0n) is 8.63. The first-order valence-corrected chi connectivity index (χ1v) is 5.99. The molecule has 1 rings (SSSR count). The van der Waals surface area contributed by atoms with Crippen LogP contribution in [-0.2, 0) is 10.0 Å². The van der Waals surface area contributed by atoms with E-state index in [9.17, 15) is 8.42 Å². The standard InChI is InChI=1S/C12H11NO2S/c1-3-10-13(11-4-2)16(14,15)12-8-6-5-7-9-12/h1-2,5-9H,10-11H2. The number of rotatable bonds is 4. The molecule has 0 spiro atoms. The van der Waals surface area contributed by atoms with E-state index in [1.165, 1.54) is 12.1 Å². The van der Waals surface area contributed by atoms with Crippen molar-refractivity contribution in [1.29, 1.82) is 0 Å². The van der Waals surface area contributed by atoms with Gasteiger partial charge in [0, 0.05) is 0 Å².